The first-order valence-electron chi connectivity index (χ1n) is 3.44. The molecule has 3 heteroatoms. The number of nitro groups is 1. The molecule has 1 aliphatic carbocycles. The largest absolute Gasteiger partial charge is 0.264 e. The molecule has 1 aliphatic rings. The summed E-state index contributed by atoms with van der Waals surface area (Å²) in [5.74, 6) is 0. The molecule has 0 radical (unpaired) electrons. The third-order valence-corrected chi connectivity index (χ3v) is 1.87. The van der Waals surface area contributed by atoms with Crippen LogP contribution in [0.3, 0.4) is 0 Å². The van der Waals surface area contributed by atoms with E-state index in [1.54, 1.807) is 0 Å². The fraction of sp³-hybridized carbons (Fsp3) is 1.00. The highest BCUT2D eigenvalue weighted by atomic mass is 16.6. The van der Waals surface area contributed by atoms with Crippen molar-refractivity contribution in [3.8, 4) is 0 Å². The Labute approximate surface area is 61.6 Å². The van der Waals surface area contributed by atoms with Gasteiger partial charge < -0.3 is 0 Å². The zero-order valence-corrected chi connectivity index (χ0v) is 5.38. The van der Waals surface area contributed by atoms with Gasteiger partial charge in [0.1, 0.15) is 0 Å². The van der Waals surface area contributed by atoms with Crippen molar-refractivity contribution in [1.82, 2.24) is 0 Å². The summed E-state index contributed by atoms with van der Waals surface area (Å²) < 4.78 is 0. The zero-order chi connectivity index (χ0) is 6.69. The molecular formula is C7H15NO2. The van der Waals surface area contributed by atoms with Crippen molar-refractivity contribution >= 4 is 0 Å². The molecule has 1 fully saturated rings. The van der Waals surface area contributed by atoms with E-state index in [0.29, 0.717) is 0 Å². The Bertz CT molecular complexity index is 108. The van der Waals surface area contributed by atoms with E-state index in [4.69, 9.17) is 0 Å². The van der Waals surface area contributed by atoms with Crippen molar-refractivity contribution in [2.75, 3.05) is 0 Å². The van der Waals surface area contributed by atoms with Gasteiger partial charge in [0.15, 0.2) is 0 Å². The van der Waals surface area contributed by atoms with Crippen molar-refractivity contribution in [3.63, 3.8) is 0 Å². The topological polar surface area (TPSA) is 43.1 Å². The van der Waals surface area contributed by atoms with E-state index >= 15 is 0 Å². The fourth-order valence-corrected chi connectivity index (χ4v) is 1.29. The molecule has 1 saturated carbocycles. The zero-order valence-electron chi connectivity index (χ0n) is 5.38. The Kier molecular flexibility index (Phi) is 4.00. The molecule has 0 saturated heterocycles. The van der Waals surface area contributed by atoms with Gasteiger partial charge in [-0.3, -0.25) is 10.1 Å². The van der Waals surface area contributed by atoms with Gasteiger partial charge in [-0.15, -0.1) is 0 Å². The molecule has 0 unspecified atom stereocenters. The van der Waals surface area contributed by atoms with Crippen molar-refractivity contribution in [2.45, 2.75) is 45.6 Å². The maximum atomic E-state index is 10.2. The van der Waals surface area contributed by atoms with Crippen LogP contribution in [0.5, 0.6) is 0 Å². The Balaban J connectivity index is 0.000000810. The van der Waals surface area contributed by atoms with Gasteiger partial charge >= 0.3 is 0 Å². The molecular weight excluding hydrogens is 130 g/mol. The average molecular weight is 145 g/mol. The Morgan fingerprint density at radius 2 is 1.70 bits per heavy atom. The molecule has 0 aromatic carbocycles. The van der Waals surface area contributed by atoms with Gasteiger partial charge in [-0.05, 0) is 12.8 Å². The van der Waals surface area contributed by atoms with Gasteiger partial charge in [-0.25, -0.2) is 0 Å². The summed E-state index contributed by atoms with van der Waals surface area (Å²) in [7, 11) is 0. The van der Waals surface area contributed by atoms with Crippen molar-refractivity contribution in [3.05, 3.63) is 10.1 Å². The van der Waals surface area contributed by atoms with Crippen LogP contribution in [0.2, 0.25) is 0 Å². The molecule has 0 spiro atoms. The fourth-order valence-electron chi connectivity index (χ4n) is 1.29. The highest BCUT2D eigenvalue weighted by molar-refractivity contribution is 4.63. The summed E-state index contributed by atoms with van der Waals surface area (Å²) in [6.45, 7) is 0. The van der Waals surface area contributed by atoms with Gasteiger partial charge in [0, 0.05) is 17.8 Å². The van der Waals surface area contributed by atoms with E-state index < -0.39 is 0 Å². The van der Waals surface area contributed by atoms with E-state index in [1.807, 2.05) is 0 Å². The van der Waals surface area contributed by atoms with Gasteiger partial charge in [0.25, 0.3) is 0 Å². The second-order valence-electron chi connectivity index (χ2n) is 2.58. The van der Waals surface area contributed by atoms with E-state index in [1.165, 1.54) is 6.42 Å². The van der Waals surface area contributed by atoms with Gasteiger partial charge in [0.2, 0.25) is 6.04 Å². The second-order valence-corrected chi connectivity index (χ2v) is 2.58. The third kappa shape index (κ3) is 2.33. The molecule has 0 aliphatic heterocycles. The second kappa shape index (κ2) is 4.25. The molecule has 3 nitrogen and oxygen atoms in total. The van der Waals surface area contributed by atoms with Gasteiger partial charge in [-0.1, -0.05) is 13.8 Å². The van der Waals surface area contributed by atoms with Crippen molar-refractivity contribution < 1.29 is 4.92 Å². The summed E-state index contributed by atoms with van der Waals surface area (Å²) in [5, 5.41) is 10.2. The van der Waals surface area contributed by atoms with Crippen LogP contribution in [0.15, 0.2) is 0 Å². The third-order valence-electron chi connectivity index (χ3n) is 1.87. The van der Waals surface area contributed by atoms with Crippen molar-refractivity contribution in [2.24, 2.45) is 0 Å². The molecule has 0 heterocycles. The summed E-state index contributed by atoms with van der Waals surface area (Å²) in [6, 6.07) is -0.223. The molecule has 0 aromatic heterocycles. The number of nitrogens with zero attached hydrogens (tertiary/aromatic N) is 1. The Morgan fingerprint density at radius 1 is 1.20 bits per heavy atom. The highest BCUT2D eigenvalue weighted by Crippen LogP contribution is 2.19. The normalized spacial score (nSPS) is 19.6. The van der Waals surface area contributed by atoms with E-state index in [-0.39, 0.29) is 18.4 Å². The highest BCUT2D eigenvalue weighted by Gasteiger charge is 2.21. The van der Waals surface area contributed by atoms with Gasteiger partial charge in [-0.2, -0.15) is 0 Å². The van der Waals surface area contributed by atoms with Gasteiger partial charge in [0.05, 0.1) is 0 Å². The monoisotopic (exact) mass is 145 g/mol. The average Bonchev–Trinajstić information content (AvgIpc) is 1.90. The molecule has 0 atom stereocenters. The summed E-state index contributed by atoms with van der Waals surface area (Å²) in [4.78, 5) is 10.0. The summed E-state index contributed by atoms with van der Waals surface area (Å²) in [5.41, 5.74) is 0. The maximum absolute atomic E-state index is 10.2. The Morgan fingerprint density at radius 3 is 2.00 bits per heavy atom. The van der Waals surface area contributed by atoms with Crippen LogP contribution >= 0.6 is 0 Å². The molecule has 0 bridgehead atoms. The molecule has 0 aromatic rings. The van der Waals surface area contributed by atoms with Crippen LogP contribution in [-0.2, 0) is 0 Å². The summed E-state index contributed by atoms with van der Waals surface area (Å²) in [6.07, 6.45) is 4.88. The van der Waals surface area contributed by atoms with Crippen LogP contribution in [0.1, 0.15) is 39.5 Å². The SMILES string of the molecule is C.O=[N+]([O-])C1CCCCC1. The lowest BCUT2D eigenvalue weighted by Crippen LogP contribution is -2.21. The minimum Gasteiger partial charge on any atom is -0.264 e. The van der Waals surface area contributed by atoms with Crippen LogP contribution in [0, 0.1) is 10.1 Å². The van der Waals surface area contributed by atoms with Crippen LogP contribution < -0.4 is 0 Å². The van der Waals surface area contributed by atoms with Crippen molar-refractivity contribution in [1.29, 1.82) is 0 Å². The minimum atomic E-state index is -0.223. The predicted octanol–water partition coefficient (Wildman–Crippen LogP) is 2.23. The molecule has 60 valence electrons. The lowest BCUT2D eigenvalue weighted by atomic mass is 9.96. The molecule has 1 rings (SSSR count). The van der Waals surface area contributed by atoms with E-state index in [9.17, 15) is 10.1 Å². The van der Waals surface area contributed by atoms with Crippen LogP contribution in [0.4, 0.5) is 0 Å². The first kappa shape index (κ1) is 9.40. The first-order valence-corrected chi connectivity index (χ1v) is 3.44. The number of hydrogen-bond donors (Lipinski definition) is 0. The van der Waals surface area contributed by atoms with E-state index in [2.05, 4.69) is 0 Å². The molecule has 0 amide bonds. The Hall–Kier alpha value is -0.600. The lowest BCUT2D eigenvalue weighted by molar-refractivity contribution is -0.526. The molecule has 10 heavy (non-hydrogen) atoms. The van der Waals surface area contributed by atoms with E-state index in [0.717, 1.165) is 25.7 Å². The summed E-state index contributed by atoms with van der Waals surface area (Å²) >= 11 is 0. The van der Waals surface area contributed by atoms with Crippen LogP contribution in [0.25, 0.3) is 0 Å². The minimum absolute atomic E-state index is 0. The lowest BCUT2D eigenvalue weighted by Gasteiger charge is -2.13. The predicted molar refractivity (Wildman–Crippen MR) is 40.6 cm³/mol. The van der Waals surface area contributed by atoms with Crippen LogP contribution in [-0.4, -0.2) is 11.0 Å². The quantitative estimate of drug-likeness (QED) is 0.419. The number of rotatable bonds is 1. The molecule has 0 N–H and O–H groups in total. The standard InChI is InChI=1S/C6H11NO2.CH4/c8-7(9)6-4-2-1-3-5-6;/h6H,1-5H2;1H4. The maximum Gasteiger partial charge on any atom is 0.213 e. The first-order chi connectivity index (χ1) is 4.30. The number of hydrogen-bond acceptors (Lipinski definition) is 2. The smallest absolute Gasteiger partial charge is 0.213 e.